The Morgan fingerprint density at radius 3 is 2.35 bits per heavy atom. The Labute approximate surface area is 201 Å². The summed E-state index contributed by atoms with van der Waals surface area (Å²) >= 11 is 0. The summed E-state index contributed by atoms with van der Waals surface area (Å²) in [4.78, 5) is 30.1. The molecule has 0 aromatic heterocycles. The number of likely N-dealkylation sites (tertiary alicyclic amines) is 1. The summed E-state index contributed by atoms with van der Waals surface area (Å²) in [6.45, 7) is 11.2. The van der Waals surface area contributed by atoms with Gasteiger partial charge < -0.3 is 24.7 Å². The number of nitrogens with zero attached hydrogens (tertiary/aromatic N) is 2. The number of hydrogen-bond donors (Lipinski definition) is 2. The molecular weight excluding hydrogens is 432 g/mol. The summed E-state index contributed by atoms with van der Waals surface area (Å²) in [6, 6.07) is 11.2. The topological polar surface area (TPSA) is 90.3 Å². The number of Topliss-reactive ketones (excluding diaryl/α,β-unsaturated/α-hetero) is 1. The molecule has 34 heavy (non-hydrogen) atoms. The van der Waals surface area contributed by atoms with Crippen molar-refractivity contribution in [3.8, 4) is 11.5 Å². The van der Waals surface area contributed by atoms with Gasteiger partial charge in [-0.25, -0.2) is 0 Å². The molecule has 7 nitrogen and oxygen atoms in total. The van der Waals surface area contributed by atoms with Crippen molar-refractivity contribution in [3.05, 3.63) is 64.7 Å². The smallest absolute Gasteiger partial charge is 0.295 e. The van der Waals surface area contributed by atoms with Crippen LogP contribution in [0.4, 0.5) is 0 Å². The average Bonchev–Trinajstić information content (AvgIpc) is 3.08. The molecule has 3 rings (SSSR count). The van der Waals surface area contributed by atoms with Gasteiger partial charge in [-0.05, 0) is 57.6 Å². The van der Waals surface area contributed by atoms with Crippen LogP contribution in [0.1, 0.15) is 49.9 Å². The van der Waals surface area contributed by atoms with E-state index in [0.29, 0.717) is 30.7 Å². The van der Waals surface area contributed by atoms with Gasteiger partial charge in [0.25, 0.3) is 11.7 Å². The van der Waals surface area contributed by atoms with E-state index in [1.54, 1.807) is 24.3 Å². The van der Waals surface area contributed by atoms with Crippen molar-refractivity contribution in [1.82, 2.24) is 9.80 Å². The molecule has 1 unspecified atom stereocenters. The molecule has 2 aromatic carbocycles. The van der Waals surface area contributed by atoms with Crippen molar-refractivity contribution in [2.24, 2.45) is 0 Å². The third-order valence-corrected chi connectivity index (χ3v) is 6.23. The minimum atomic E-state index is -0.780. The summed E-state index contributed by atoms with van der Waals surface area (Å²) in [6.07, 6.45) is 0.687. The van der Waals surface area contributed by atoms with Crippen LogP contribution in [0.2, 0.25) is 0 Å². The molecule has 182 valence electrons. The van der Waals surface area contributed by atoms with Crippen molar-refractivity contribution >= 4 is 17.4 Å². The van der Waals surface area contributed by atoms with Crippen LogP contribution in [0.15, 0.2) is 48.0 Å². The number of benzene rings is 2. The van der Waals surface area contributed by atoms with E-state index in [4.69, 9.17) is 4.74 Å². The fraction of sp³-hybridized carbons (Fsp3) is 0.407. The van der Waals surface area contributed by atoms with E-state index >= 15 is 0 Å². The Morgan fingerprint density at radius 1 is 1.06 bits per heavy atom. The lowest BCUT2D eigenvalue weighted by Gasteiger charge is -2.27. The van der Waals surface area contributed by atoms with Crippen LogP contribution in [-0.2, 0) is 9.59 Å². The van der Waals surface area contributed by atoms with Gasteiger partial charge in [0, 0.05) is 12.1 Å². The molecule has 1 heterocycles. The molecule has 7 heteroatoms. The zero-order valence-corrected chi connectivity index (χ0v) is 20.4. The number of aryl methyl sites for hydroxylation is 1. The predicted octanol–water partition coefficient (Wildman–Crippen LogP) is 4.25. The Kier molecular flexibility index (Phi) is 8.34. The maximum atomic E-state index is 13.2. The zero-order chi connectivity index (χ0) is 24.8. The molecule has 1 amide bonds. The Hall–Kier alpha value is -3.32. The van der Waals surface area contributed by atoms with Crippen molar-refractivity contribution in [2.75, 3.05) is 32.8 Å². The van der Waals surface area contributed by atoms with E-state index in [9.17, 15) is 19.8 Å². The van der Waals surface area contributed by atoms with Gasteiger partial charge in [-0.2, -0.15) is 0 Å². The van der Waals surface area contributed by atoms with Gasteiger partial charge >= 0.3 is 0 Å². The summed E-state index contributed by atoms with van der Waals surface area (Å²) in [5, 5.41) is 21.3. The second-order valence-electron chi connectivity index (χ2n) is 8.40. The van der Waals surface area contributed by atoms with Gasteiger partial charge in [0.15, 0.2) is 11.5 Å². The molecule has 2 N–H and O–H groups in total. The first-order chi connectivity index (χ1) is 16.3. The second kappa shape index (κ2) is 11.2. The van der Waals surface area contributed by atoms with Gasteiger partial charge in [-0.15, -0.1) is 0 Å². The van der Waals surface area contributed by atoms with E-state index < -0.39 is 17.7 Å². The number of hydrogen-bond acceptors (Lipinski definition) is 6. The van der Waals surface area contributed by atoms with Crippen LogP contribution in [-0.4, -0.2) is 64.5 Å². The lowest BCUT2D eigenvalue weighted by Crippen LogP contribution is -2.33. The molecule has 0 bridgehead atoms. The number of amides is 1. The first kappa shape index (κ1) is 25.3. The minimum absolute atomic E-state index is 0.0254. The molecule has 1 aliphatic rings. The van der Waals surface area contributed by atoms with Gasteiger partial charge in [0.1, 0.15) is 5.76 Å². The normalized spacial score (nSPS) is 17.6. The first-order valence-electron chi connectivity index (χ1n) is 11.9. The SMILES string of the molecule is CCOc1cc(C2C(=C(O)c3ccc(C)cc3)C(=O)C(=O)N2CCCN(CC)CC)ccc1O. The number of rotatable bonds is 10. The average molecular weight is 467 g/mol. The van der Waals surface area contributed by atoms with Crippen molar-refractivity contribution in [1.29, 1.82) is 0 Å². The van der Waals surface area contributed by atoms with Gasteiger partial charge in [-0.1, -0.05) is 49.7 Å². The first-order valence-corrected chi connectivity index (χ1v) is 11.9. The molecule has 0 radical (unpaired) electrons. The van der Waals surface area contributed by atoms with E-state index in [-0.39, 0.29) is 22.8 Å². The predicted molar refractivity (Wildman–Crippen MR) is 132 cm³/mol. The molecule has 0 saturated carbocycles. The number of carbonyl (C=O) groups excluding carboxylic acids is 2. The van der Waals surface area contributed by atoms with Crippen LogP contribution in [0, 0.1) is 6.92 Å². The second-order valence-corrected chi connectivity index (χ2v) is 8.40. The third kappa shape index (κ3) is 5.25. The Bertz CT molecular complexity index is 1060. The maximum absolute atomic E-state index is 13.2. The highest BCUT2D eigenvalue weighted by molar-refractivity contribution is 6.46. The number of aromatic hydroxyl groups is 1. The van der Waals surface area contributed by atoms with Crippen molar-refractivity contribution < 1.29 is 24.5 Å². The monoisotopic (exact) mass is 466 g/mol. The quantitative estimate of drug-likeness (QED) is 0.309. The lowest BCUT2D eigenvalue weighted by molar-refractivity contribution is -0.140. The highest BCUT2D eigenvalue weighted by Gasteiger charge is 2.46. The third-order valence-electron chi connectivity index (χ3n) is 6.23. The fourth-order valence-electron chi connectivity index (χ4n) is 4.30. The zero-order valence-electron chi connectivity index (χ0n) is 20.4. The van der Waals surface area contributed by atoms with Gasteiger partial charge in [0.2, 0.25) is 0 Å². The van der Waals surface area contributed by atoms with Crippen LogP contribution in [0.3, 0.4) is 0 Å². The molecule has 0 aliphatic carbocycles. The highest BCUT2D eigenvalue weighted by atomic mass is 16.5. The van der Waals surface area contributed by atoms with Crippen LogP contribution in [0.25, 0.3) is 5.76 Å². The van der Waals surface area contributed by atoms with Gasteiger partial charge in [0.05, 0.1) is 18.2 Å². The van der Waals surface area contributed by atoms with Crippen molar-refractivity contribution in [3.63, 3.8) is 0 Å². The highest BCUT2D eigenvalue weighted by Crippen LogP contribution is 2.41. The number of aliphatic hydroxyl groups excluding tert-OH is 1. The standard InChI is InChI=1S/C27H34N2O5/c1-5-28(6-2)15-8-16-29-24(20-13-14-21(30)22(17-20)34-7-3)23(26(32)27(29)33)25(31)19-11-9-18(4)10-12-19/h9-14,17,24,30-31H,5-8,15-16H2,1-4H3. The molecule has 1 aliphatic heterocycles. The number of aliphatic hydroxyl groups is 1. The summed E-state index contributed by atoms with van der Waals surface area (Å²) in [7, 11) is 0. The lowest BCUT2D eigenvalue weighted by atomic mass is 9.94. The summed E-state index contributed by atoms with van der Waals surface area (Å²) in [5.74, 6) is -1.31. The molecular formula is C27H34N2O5. The molecule has 2 aromatic rings. The fourth-order valence-corrected chi connectivity index (χ4v) is 4.30. The number of ketones is 1. The summed E-state index contributed by atoms with van der Waals surface area (Å²) < 4.78 is 5.54. The maximum Gasteiger partial charge on any atom is 0.295 e. The number of ether oxygens (including phenoxy) is 1. The molecule has 1 atom stereocenters. The number of phenols is 1. The van der Waals surface area contributed by atoms with E-state index in [1.165, 1.54) is 11.0 Å². The van der Waals surface area contributed by atoms with E-state index in [1.807, 2.05) is 26.0 Å². The minimum Gasteiger partial charge on any atom is -0.507 e. The molecule has 1 saturated heterocycles. The summed E-state index contributed by atoms with van der Waals surface area (Å²) in [5.41, 5.74) is 2.13. The largest absolute Gasteiger partial charge is 0.507 e. The Balaban J connectivity index is 2.07. The molecule has 0 spiro atoms. The van der Waals surface area contributed by atoms with Crippen LogP contribution in [0.5, 0.6) is 11.5 Å². The van der Waals surface area contributed by atoms with E-state index in [0.717, 1.165) is 25.2 Å². The van der Waals surface area contributed by atoms with Gasteiger partial charge in [-0.3, -0.25) is 9.59 Å². The molecule has 1 fully saturated rings. The number of carbonyl (C=O) groups is 2. The van der Waals surface area contributed by atoms with Crippen molar-refractivity contribution in [2.45, 2.75) is 40.2 Å². The number of phenolic OH excluding ortho intramolecular Hbond substituents is 1. The van der Waals surface area contributed by atoms with Crippen LogP contribution >= 0.6 is 0 Å². The van der Waals surface area contributed by atoms with Crippen LogP contribution < -0.4 is 4.74 Å². The van der Waals surface area contributed by atoms with E-state index in [2.05, 4.69) is 18.7 Å². The Morgan fingerprint density at radius 2 is 1.74 bits per heavy atom.